The summed E-state index contributed by atoms with van der Waals surface area (Å²) in [7, 11) is 0. The van der Waals surface area contributed by atoms with Crippen LogP contribution >= 0.6 is 0 Å². The van der Waals surface area contributed by atoms with Gasteiger partial charge in [-0.2, -0.15) is 0 Å². The molecule has 4 nitrogen and oxygen atoms in total. The van der Waals surface area contributed by atoms with Crippen molar-refractivity contribution < 1.29 is 9.53 Å². The van der Waals surface area contributed by atoms with Crippen LogP contribution in [0.3, 0.4) is 0 Å². The summed E-state index contributed by atoms with van der Waals surface area (Å²) in [5.74, 6) is 1.71. The van der Waals surface area contributed by atoms with Crippen LogP contribution < -0.4 is 4.74 Å². The van der Waals surface area contributed by atoms with Gasteiger partial charge < -0.3 is 9.64 Å². The largest absolute Gasteiger partial charge is 0.490 e. The van der Waals surface area contributed by atoms with Crippen molar-refractivity contribution in [2.45, 2.75) is 25.7 Å². The molecule has 1 saturated carbocycles. The van der Waals surface area contributed by atoms with Crippen LogP contribution in [0, 0.1) is 5.92 Å². The van der Waals surface area contributed by atoms with Crippen LogP contribution in [-0.2, 0) is 0 Å². The zero-order chi connectivity index (χ0) is 16.8. The van der Waals surface area contributed by atoms with Gasteiger partial charge in [0, 0.05) is 38.3 Å². The lowest BCUT2D eigenvalue weighted by Crippen LogP contribution is -2.49. The van der Waals surface area contributed by atoms with E-state index in [0.29, 0.717) is 12.2 Å². The van der Waals surface area contributed by atoms with Crippen LogP contribution in [0.1, 0.15) is 36.0 Å². The topological polar surface area (TPSA) is 32.8 Å². The zero-order valence-electron chi connectivity index (χ0n) is 14.5. The van der Waals surface area contributed by atoms with Gasteiger partial charge in [-0.15, -0.1) is 0 Å². The highest BCUT2D eigenvalue weighted by molar-refractivity contribution is 5.94. The van der Waals surface area contributed by atoms with Gasteiger partial charge in [0.25, 0.3) is 5.91 Å². The van der Waals surface area contributed by atoms with E-state index in [2.05, 4.69) is 11.5 Å². The van der Waals surface area contributed by atoms with Gasteiger partial charge in [0.2, 0.25) is 0 Å². The fraction of sp³-hybridized carbons (Fsp3) is 0.550. The van der Waals surface area contributed by atoms with E-state index in [-0.39, 0.29) is 5.91 Å². The Bertz CT molecular complexity index is 559. The van der Waals surface area contributed by atoms with Gasteiger partial charge in [0.15, 0.2) is 0 Å². The molecule has 2 aliphatic rings. The normalized spacial score (nSPS) is 19.4. The molecule has 130 valence electrons. The third kappa shape index (κ3) is 4.38. The highest BCUT2D eigenvalue weighted by Gasteiger charge is 2.25. The van der Waals surface area contributed by atoms with Crippen LogP contribution in [-0.4, -0.2) is 55.0 Å². The summed E-state index contributed by atoms with van der Waals surface area (Å²) in [5, 5.41) is 0. The molecule has 0 spiro atoms. The number of carbonyl (C=O) groups is 1. The van der Waals surface area contributed by atoms with Gasteiger partial charge >= 0.3 is 0 Å². The molecule has 1 aromatic carbocycles. The second-order valence-corrected chi connectivity index (χ2v) is 6.87. The number of ether oxygens (including phenoxy) is 1. The van der Waals surface area contributed by atoms with E-state index in [0.717, 1.165) is 37.8 Å². The van der Waals surface area contributed by atoms with E-state index in [4.69, 9.17) is 4.74 Å². The van der Waals surface area contributed by atoms with Crippen LogP contribution in [0.5, 0.6) is 5.75 Å². The smallest absolute Gasteiger partial charge is 0.254 e. The van der Waals surface area contributed by atoms with Crippen molar-refractivity contribution in [1.82, 2.24) is 9.80 Å². The van der Waals surface area contributed by atoms with E-state index in [9.17, 15) is 4.79 Å². The molecule has 0 aromatic heterocycles. The second kappa shape index (κ2) is 8.34. The second-order valence-electron chi connectivity index (χ2n) is 6.87. The highest BCUT2D eigenvalue weighted by atomic mass is 16.5. The van der Waals surface area contributed by atoms with Crippen LogP contribution in [0.15, 0.2) is 36.9 Å². The Morgan fingerprint density at radius 3 is 2.67 bits per heavy atom. The Balaban J connectivity index is 1.52. The summed E-state index contributed by atoms with van der Waals surface area (Å²) in [5.41, 5.74) is 0.709. The lowest BCUT2D eigenvalue weighted by molar-refractivity contribution is 0.0617. The molecule has 1 aliphatic heterocycles. The number of rotatable bonds is 6. The van der Waals surface area contributed by atoms with Crippen molar-refractivity contribution in [2.75, 3.05) is 39.3 Å². The van der Waals surface area contributed by atoms with Crippen molar-refractivity contribution in [3.05, 3.63) is 42.5 Å². The number of nitrogens with zero attached hydrogens (tertiary/aromatic N) is 2. The molecule has 0 unspecified atom stereocenters. The molecule has 0 N–H and O–H groups in total. The molecule has 0 bridgehead atoms. The average Bonchev–Trinajstić information content (AvgIpc) is 3.13. The quantitative estimate of drug-likeness (QED) is 0.752. The van der Waals surface area contributed by atoms with Crippen molar-refractivity contribution >= 4 is 5.91 Å². The Kier molecular flexibility index (Phi) is 5.91. The van der Waals surface area contributed by atoms with Crippen molar-refractivity contribution in [1.29, 1.82) is 0 Å². The Hall–Kier alpha value is -1.81. The predicted octanol–water partition coefficient (Wildman–Crippen LogP) is 3.20. The van der Waals surface area contributed by atoms with Crippen molar-refractivity contribution in [3.8, 4) is 5.75 Å². The number of hydrogen-bond donors (Lipinski definition) is 0. The minimum Gasteiger partial charge on any atom is -0.490 e. The predicted molar refractivity (Wildman–Crippen MR) is 96.4 cm³/mol. The maximum Gasteiger partial charge on any atom is 0.254 e. The number of piperazine rings is 1. The molecular weight excluding hydrogens is 300 g/mol. The van der Waals surface area contributed by atoms with Gasteiger partial charge in [-0.1, -0.05) is 31.6 Å². The summed E-state index contributed by atoms with van der Waals surface area (Å²) in [6.45, 7) is 8.95. The van der Waals surface area contributed by atoms with E-state index in [1.165, 1.54) is 32.2 Å². The van der Waals surface area contributed by atoms with E-state index >= 15 is 0 Å². The molecule has 1 aromatic rings. The molecule has 1 saturated heterocycles. The van der Waals surface area contributed by atoms with Crippen LogP contribution in [0.4, 0.5) is 0 Å². The third-order valence-corrected chi connectivity index (χ3v) is 5.10. The van der Waals surface area contributed by atoms with Gasteiger partial charge in [-0.05, 0) is 37.0 Å². The van der Waals surface area contributed by atoms with Crippen molar-refractivity contribution in [2.24, 2.45) is 5.92 Å². The number of amides is 1. The van der Waals surface area contributed by atoms with E-state index in [1.807, 2.05) is 29.2 Å². The minimum absolute atomic E-state index is 0.111. The lowest BCUT2D eigenvalue weighted by Gasteiger charge is -2.36. The first-order valence-corrected chi connectivity index (χ1v) is 9.11. The fourth-order valence-corrected chi connectivity index (χ4v) is 3.75. The van der Waals surface area contributed by atoms with E-state index < -0.39 is 0 Å². The monoisotopic (exact) mass is 328 g/mol. The highest BCUT2D eigenvalue weighted by Crippen LogP contribution is 2.26. The summed E-state index contributed by atoms with van der Waals surface area (Å²) in [4.78, 5) is 17.2. The first-order valence-electron chi connectivity index (χ1n) is 9.11. The molecule has 4 heteroatoms. The molecule has 3 rings (SSSR count). The van der Waals surface area contributed by atoms with Gasteiger partial charge in [-0.25, -0.2) is 0 Å². The maximum atomic E-state index is 12.7. The first kappa shape index (κ1) is 17.0. The Morgan fingerprint density at radius 1 is 1.21 bits per heavy atom. The molecule has 2 fully saturated rings. The molecule has 24 heavy (non-hydrogen) atoms. The lowest BCUT2D eigenvalue weighted by atomic mass is 10.1. The summed E-state index contributed by atoms with van der Waals surface area (Å²) >= 11 is 0. The standard InChI is InChI=1S/C20H28N2O2/c1-2-14-24-19-9-5-8-18(15-19)20(23)22-12-10-21(11-13-22)16-17-6-3-4-7-17/h2,5,8-9,15,17H,1,3-4,6-7,10-14,16H2. The van der Waals surface area contributed by atoms with Crippen molar-refractivity contribution in [3.63, 3.8) is 0 Å². The Morgan fingerprint density at radius 2 is 1.96 bits per heavy atom. The molecule has 1 heterocycles. The first-order chi connectivity index (χ1) is 11.8. The molecular formula is C20H28N2O2. The number of benzene rings is 1. The maximum absolute atomic E-state index is 12.7. The summed E-state index contributed by atoms with van der Waals surface area (Å²) in [6, 6.07) is 7.45. The SMILES string of the molecule is C=CCOc1cccc(C(=O)N2CCN(CC3CCCC3)CC2)c1. The fourth-order valence-electron chi connectivity index (χ4n) is 3.75. The number of carbonyl (C=O) groups excluding carboxylic acids is 1. The summed E-state index contributed by atoms with van der Waals surface area (Å²) in [6.07, 6.45) is 7.27. The van der Waals surface area contributed by atoms with Gasteiger partial charge in [0.1, 0.15) is 12.4 Å². The molecule has 0 radical (unpaired) electrons. The Labute approximate surface area is 145 Å². The number of hydrogen-bond acceptors (Lipinski definition) is 3. The molecule has 1 aliphatic carbocycles. The molecule has 0 atom stereocenters. The minimum atomic E-state index is 0.111. The van der Waals surface area contributed by atoms with Crippen LogP contribution in [0.25, 0.3) is 0 Å². The van der Waals surface area contributed by atoms with Gasteiger partial charge in [0.05, 0.1) is 0 Å². The average molecular weight is 328 g/mol. The zero-order valence-corrected chi connectivity index (χ0v) is 14.5. The van der Waals surface area contributed by atoms with Gasteiger partial charge in [-0.3, -0.25) is 9.69 Å². The molecule has 1 amide bonds. The summed E-state index contributed by atoms with van der Waals surface area (Å²) < 4.78 is 5.53. The third-order valence-electron chi connectivity index (χ3n) is 5.10. The van der Waals surface area contributed by atoms with E-state index in [1.54, 1.807) is 6.08 Å². The van der Waals surface area contributed by atoms with Crippen LogP contribution in [0.2, 0.25) is 0 Å².